The zero-order chi connectivity index (χ0) is 12.0. The van der Waals surface area contributed by atoms with Gasteiger partial charge in [0, 0.05) is 19.7 Å². The number of nitrogens with one attached hydrogen (secondary N) is 1. The molecule has 0 unspecified atom stereocenters. The lowest BCUT2D eigenvalue weighted by molar-refractivity contribution is -0.137. The van der Waals surface area contributed by atoms with Crippen molar-refractivity contribution >= 4 is 5.91 Å². The highest BCUT2D eigenvalue weighted by atomic mass is 16.5. The van der Waals surface area contributed by atoms with Gasteiger partial charge in [-0.3, -0.25) is 4.79 Å². The van der Waals surface area contributed by atoms with Crippen LogP contribution in [0.5, 0.6) is 0 Å². The van der Waals surface area contributed by atoms with E-state index in [4.69, 9.17) is 4.74 Å². The van der Waals surface area contributed by atoms with Crippen LogP contribution in [-0.2, 0) is 9.53 Å². The average molecular weight is 228 g/mol. The second kappa shape index (κ2) is 6.86. The smallest absolute Gasteiger partial charge is 0.248 e. The van der Waals surface area contributed by atoms with Crippen LogP contribution >= 0.6 is 0 Å². The van der Waals surface area contributed by atoms with Gasteiger partial charge in [-0.15, -0.1) is 0 Å². The second-order valence-corrected chi connectivity index (χ2v) is 4.77. The van der Waals surface area contributed by atoms with E-state index in [9.17, 15) is 4.79 Å². The minimum absolute atomic E-state index is 0.107. The fourth-order valence-corrected chi connectivity index (χ4v) is 2.15. The Labute approximate surface area is 98.3 Å². The van der Waals surface area contributed by atoms with Gasteiger partial charge in [0.15, 0.2) is 0 Å². The number of carbonyl (C=O) groups is 1. The van der Waals surface area contributed by atoms with Gasteiger partial charge in [0.05, 0.1) is 0 Å². The van der Waals surface area contributed by atoms with E-state index in [1.807, 2.05) is 4.90 Å². The fraction of sp³-hybridized carbons (Fsp3) is 0.917. The average Bonchev–Trinajstić information content (AvgIpc) is 2.27. The Balaban J connectivity index is 2.46. The number of amides is 1. The first kappa shape index (κ1) is 13.5. The molecule has 1 fully saturated rings. The molecular formula is C12H24N2O2. The van der Waals surface area contributed by atoms with Gasteiger partial charge in [-0.1, -0.05) is 0 Å². The fourth-order valence-electron chi connectivity index (χ4n) is 2.15. The summed E-state index contributed by atoms with van der Waals surface area (Å²) < 4.78 is 4.92. The Morgan fingerprint density at radius 2 is 2.06 bits per heavy atom. The van der Waals surface area contributed by atoms with E-state index in [1.54, 1.807) is 7.11 Å². The number of nitrogens with zero attached hydrogens (tertiary/aromatic N) is 1. The Kier molecular flexibility index (Phi) is 5.77. The molecule has 0 aromatic heterocycles. The highest BCUT2D eigenvalue weighted by molar-refractivity contribution is 5.77. The Morgan fingerprint density at radius 3 is 2.56 bits per heavy atom. The summed E-state index contributed by atoms with van der Waals surface area (Å²) in [7, 11) is 1.57. The maximum atomic E-state index is 11.8. The van der Waals surface area contributed by atoms with Gasteiger partial charge in [0.1, 0.15) is 6.61 Å². The third kappa shape index (κ3) is 4.10. The van der Waals surface area contributed by atoms with Crippen molar-refractivity contribution in [1.82, 2.24) is 10.2 Å². The third-order valence-electron chi connectivity index (χ3n) is 3.13. The number of hydrogen-bond acceptors (Lipinski definition) is 3. The number of ether oxygens (including phenoxy) is 1. The van der Waals surface area contributed by atoms with Crippen molar-refractivity contribution in [3.05, 3.63) is 0 Å². The first-order valence-corrected chi connectivity index (χ1v) is 6.14. The summed E-state index contributed by atoms with van der Waals surface area (Å²) in [6, 6.07) is 0.262. The molecule has 94 valence electrons. The summed E-state index contributed by atoms with van der Waals surface area (Å²) in [6.07, 6.45) is 2.34. The summed E-state index contributed by atoms with van der Waals surface area (Å²) in [5.74, 6) is 0.750. The molecule has 1 aliphatic heterocycles. The van der Waals surface area contributed by atoms with Crippen LogP contribution in [0.1, 0.15) is 26.7 Å². The van der Waals surface area contributed by atoms with Gasteiger partial charge in [0.2, 0.25) is 5.91 Å². The largest absolute Gasteiger partial charge is 0.375 e. The van der Waals surface area contributed by atoms with Crippen LogP contribution in [0.15, 0.2) is 0 Å². The molecule has 1 N–H and O–H groups in total. The standard InChI is InChI=1S/C12H24N2O2/c1-10(2)14(12(15)9-16-3)8-11-4-6-13-7-5-11/h10-11,13H,4-9H2,1-3H3. The normalized spacial score (nSPS) is 17.8. The molecule has 1 amide bonds. The number of carbonyl (C=O) groups excluding carboxylic acids is 1. The molecule has 0 bridgehead atoms. The van der Waals surface area contributed by atoms with E-state index in [0.29, 0.717) is 5.92 Å². The van der Waals surface area contributed by atoms with Gasteiger partial charge in [-0.2, -0.15) is 0 Å². The van der Waals surface area contributed by atoms with Crippen molar-refractivity contribution in [2.75, 3.05) is 33.4 Å². The van der Waals surface area contributed by atoms with E-state index in [2.05, 4.69) is 19.2 Å². The van der Waals surface area contributed by atoms with Gasteiger partial charge in [-0.05, 0) is 45.7 Å². The first-order chi connectivity index (χ1) is 7.65. The van der Waals surface area contributed by atoms with Crippen molar-refractivity contribution in [2.45, 2.75) is 32.7 Å². The van der Waals surface area contributed by atoms with Crippen LogP contribution in [0.4, 0.5) is 0 Å². The second-order valence-electron chi connectivity index (χ2n) is 4.77. The van der Waals surface area contributed by atoms with E-state index in [0.717, 1.165) is 19.6 Å². The maximum absolute atomic E-state index is 11.8. The Morgan fingerprint density at radius 1 is 1.44 bits per heavy atom. The molecule has 0 aromatic rings. The lowest BCUT2D eigenvalue weighted by Crippen LogP contribution is -2.44. The number of piperidine rings is 1. The van der Waals surface area contributed by atoms with E-state index in [-0.39, 0.29) is 18.6 Å². The van der Waals surface area contributed by atoms with Crippen molar-refractivity contribution in [3.8, 4) is 0 Å². The molecule has 4 heteroatoms. The molecule has 1 rings (SSSR count). The molecule has 4 nitrogen and oxygen atoms in total. The highest BCUT2D eigenvalue weighted by Crippen LogP contribution is 2.15. The predicted octanol–water partition coefficient (Wildman–Crippen LogP) is 0.869. The third-order valence-corrected chi connectivity index (χ3v) is 3.13. The quantitative estimate of drug-likeness (QED) is 0.759. The Hall–Kier alpha value is -0.610. The van der Waals surface area contributed by atoms with Crippen LogP contribution in [0.25, 0.3) is 0 Å². The highest BCUT2D eigenvalue weighted by Gasteiger charge is 2.22. The van der Waals surface area contributed by atoms with E-state index < -0.39 is 0 Å². The lowest BCUT2D eigenvalue weighted by Gasteiger charge is -2.32. The molecule has 1 saturated heterocycles. The SMILES string of the molecule is COCC(=O)N(CC1CCNCC1)C(C)C. The topological polar surface area (TPSA) is 41.6 Å². The van der Waals surface area contributed by atoms with Gasteiger partial charge in [-0.25, -0.2) is 0 Å². The van der Waals surface area contributed by atoms with Crippen LogP contribution in [-0.4, -0.2) is 50.2 Å². The summed E-state index contributed by atoms with van der Waals surface area (Å²) >= 11 is 0. The molecule has 0 radical (unpaired) electrons. The summed E-state index contributed by atoms with van der Waals surface area (Å²) in [5.41, 5.74) is 0. The lowest BCUT2D eigenvalue weighted by atomic mass is 9.97. The van der Waals surface area contributed by atoms with Crippen molar-refractivity contribution < 1.29 is 9.53 Å². The Bertz CT molecular complexity index is 213. The molecule has 0 aromatic carbocycles. The number of methoxy groups -OCH3 is 1. The summed E-state index contributed by atoms with van der Waals surface area (Å²) in [6.45, 7) is 7.36. The van der Waals surface area contributed by atoms with Crippen molar-refractivity contribution in [3.63, 3.8) is 0 Å². The van der Waals surface area contributed by atoms with Gasteiger partial charge in [0.25, 0.3) is 0 Å². The van der Waals surface area contributed by atoms with E-state index in [1.165, 1.54) is 12.8 Å². The number of hydrogen-bond donors (Lipinski definition) is 1. The molecule has 1 aliphatic rings. The van der Waals surface area contributed by atoms with Crippen LogP contribution in [0.2, 0.25) is 0 Å². The van der Waals surface area contributed by atoms with E-state index >= 15 is 0 Å². The van der Waals surface area contributed by atoms with Crippen LogP contribution in [0, 0.1) is 5.92 Å². The molecule has 1 heterocycles. The molecular weight excluding hydrogens is 204 g/mol. The monoisotopic (exact) mass is 228 g/mol. The summed E-state index contributed by atoms with van der Waals surface area (Å²) in [5, 5.41) is 3.34. The zero-order valence-corrected chi connectivity index (χ0v) is 10.7. The van der Waals surface area contributed by atoms with Gasteiger partial charge >= 0.3 is 0 Å². The minimum Gasteiger partial charge on any atom is -0.375 e. The predicted molar refractivity (Wildman–Crippen MR) is 64.3 cm³/mol. The van der Waals surface area contributed by atoms with Gasteiger partial charge < -0.3 is 15.0 Å². The zero-order valence-electron chi connectivity index (χ0n) is 10.7. The van der Waals surface area contributed by atoms with Crippen molar-refractivity contribution in [1.29, 1.82) is 0 Å². The maximum Gasteiger partial charge on any atom is 0.248 e. The molecule has 0 aliphatic carbocycles. The number of rotatable bonds is 5. The van der Waals surface area contributed by atoms with Crippen molar-refractivity contribution in [2.24, 2.45) is 5.92 Å². The summed E-state index contributed by atoms with van der Waals surface area (Å²) in [4.78, 5) is 13.8. The molecule has 0 saturated carbocycles. The van der Waals surface area contributed by atoms with Crippen LogP contribution < -0.4 is 5.32 Å². The molecule has 16 heavy (non-hydrogen) atoms. The first-order valence-electron chi connectivity index (χ1n) is 6.14. The minimum atomic E-state index is 0.107. The molecule has 0 spiro atoms. The van der Waals surface area contributed by atoms with Crippen LogP contribution in [0.3, 0.4) is 0 Å². The molecule has 0 atom stereocenters.